The van der Waals surface area contributed by atoms with Crippen molar-refractivity contribution in [2.45, 2.75) is 32.7 Å². The molecule has 1 aromatic heterocycles. The summed E-state index contributed by atoms with van der Waals surface area (Å²) in [4.78, 5) is 4.25. The summed E-state index contributed by atoms with van der Waals surface area (Å²) >= 11 is 0. The van der Waals surface area contributed by atoms with Crippen molar-refractivity contribution in [2.24, 2.45) is 11.7 Å². The van der Waals surface area contributed by atoms with Crippen molar-refractivity contribution in [3.8, 4) is 0 Å². The van der Waals surface area contributed by atoms with Crippen LogP contribution in [0.25, 0.3) is 0 Å². The first-order valence-electron chi connectivity index (χ1n) is 4.84. The molecule has 0 saturated carbocycles. The number of pyridine rings is 1. The molecule has 0 aromatic carbocycles. The van der Waals surface area contributed by atoms with Gasteiger partial charge in [0.2, 0.25) is 0 Å². The zero-order chi connectivity index (χ0) is 9.68. The average Bonchev–Trinajstić information content (AvgIpc) is 2.04. The van der Waals surface area contributed by atoms with E-state index in [1.165, 1.54) is 0 Å². The van der Waals surface area contributed by atoms with Gasteiger partial charge in [-0.05, 0) is 24.5 Å². The van der Waals surface area contributed by atoms with Crippen molar-refractivity contribution in [2.75, 3.05) is 0 Å². The summed E-state index contributed by atoms with van der Waals surface area (Å²) < 4.78 is 0. The molecule has 13 heavy (non-hydrogen) atoms. The summed E-state index contributed by atoms with van der Waals surface area (Å²) in [5.41, 5.74) is 7.06. The number of rotatable bonds is 4. The standard InChI is InChI=1S/C11H18N2/c1-9(2)7-10(12)8-11-5-3-4-6-13-11/h3-6,9-10H,7-8,12H2,1-2H3. The van der Waals surface area contributed by atoms with Gasteiger partial charge in [-0.3, -0.25) is 4.98 Å². The maximum atomic E-state index is 5.97. The molecular formula is C11H18N2. The molecule has 72 valence electrons. The van der Waals surface area contributed by atoms with Crippen LogP contribution in [0.2, 0.25) is 0 Å². The van der Waals surface area contributed by atoms with Gasteiger partial charge in [-0.15, -0.1) is 0 Å². The lowest BCUT2D eigenvalue weighted by Gasteiger charge is -2.12. The highest BCUT2D eigenvalue weighted by Crippen LogP contribution is 2.06. The summed E-state index contributed by atoms with van der Waals surface area (Å²) in [7, 11) is 0. The molecule has 1 atom stereocenters. The summed E-state index contributed by atoms with van der Waals surface area (Å²) in [5.74, 6) is 0.665. The maximum Gasteiger partial charge on any atom is 0.0419 e. The van der Waals surface area contributed by atoms with Crippen LogP contribution in [0.15, 0.2) is 24.4 Å². The number of aromatic nitrogens is 1. The van der Waals surface area contributed by atoms with Crippen molar-refractivity contribution in [3.63, 3.8) is 0 Å². The van der Waals surface area contributed by atoms with E-state index in [0.29, 0.717) is 5.92 Å². The van der Waals surface area contributed by atoms with E-state index in [1.807, 2.05) is 24.4 Å². The average molecular weight is 178 g/mol. The summed E-state index contributed by atoms with van der Waals surface area (Å²) in [5, 5.41) is 0. The molecular weight excluding hydrogens is 160 g/mol. The predicted molar refractivity (Wildman–Crippen MR) is 55.4 cm³/mol. The Hall–Kier alpha value is -0.890. The third-order valence-corrected chi connectivity index (χ3v) is 1.97. The van der Waals surface area contributed by atoms with Crippen molar-refractivity contribution >= 4 is 0 Å². The van der Waals surface area contributed by atoms with E-state index in [4.69, 9.17) is 5.73 Å². The van der Waals surface area contributed by atoms with Crippen LogP contribution in [0.1, 0.15) is 26.0 Å². The van der Waals surface area contributed by atoms with E-state index >= 15 is 0 Å². The van der Waals surface area contributed by atoms with Crippen LogP contribution in [0.3, 0.4) is 0 Å². The Morgan fingerprint density at radius 2 is 2.15 bits per heavy atom. The van der Waals surface area contributed by atoms with Crippen molar-refractivity contribution < 1.29 is 0 Å². The molecule has 0 spiro atoms. The molecule has 0 radical (unpaired) electrons. The van der Waals surface area contributed by atoms with Gasteiger partial charge in [-0.1, -0.05) is 19.9 Å². The minimum atomic E-state index is 0.245. The minimum Gasteiger partial charge on any atom is -0.327 e. The third-order valence-electron chi connectivity index (χ3n) is 1.97. The van der Waals surface area contributed by atoms with E-state index < -0.39 is 0 Å². The molecule has 2 heteroatoms. The van der Waals surface area contributed by atoms with Gasteiger partial charge in [0.1, 0.15) is 0 Å². The number of hydrogen-bond acceptors (Lipinski definition) is 2. The Balaban J connectivity index is 2.41. The van der Waals surface area contributed by atoms with Crippen LogP contribution in [0.5, 0.6) is 0 Å². The molecule has 0 fully saturated rings. The van der Waals surface area contributed by atoms with Gasteiger partial charge in [0.05, 0.1) is 0 Å². The number of nitrogens with two attached hydrogens (primary N) is 1. The lowest BCUT2D eigenvalue weighted by Crippen LogP contribution is -2.25. The molecule has 0 aliphatic carbocycles. The van der Waals surface area contributed by atoms with Crippen LogP contribution in [-0.2, 0) is 6.42 Å². The molecule has 1 heterocycles. The molecule has 0 amide bonds. The van der Waals surface area contributed by atoms with Gasteiger partial charge >= 0.3 is 0 Å². The second-order valence-corrected chi connectivity index (χ2v) is 3.91. The van der Waals surface area contributed by atoms with E-state index in [9.17, 15) is 0 Å². The molecule has 2 nitrogen and oxygen atoms in total. The minimum absolute atomic E-state index is 0.245. The fourth-order valence-electron chi connectivity index (χ4n) is 1.48. The summed E-state index contributed by atoms with van der Waals surface area (Å²) in [6.45, 7) is 4.39. The van der Waals surface area contributed by atoms with E-state index in [2.05, 4.69) is 18.8 Å². The molecule has 0 saturated heterocycles. The third kappa shape index (κ3) is 4.04. The largest absolute Gasteiger partial charge is 0.327 e. The first-order chi connectivity index (χ1) is 6.18. The monoisotopic (exact) mass is 178 g/mol. The Kier molecular flexibility index (Phi) is 3.90. The van der Waals surface area contributed by atoms with Crippen LogP contribution < -0.4 is 5.73 Å². The summed E-state index contributed by atoms with van der Waals surface area (Å²) in [6.07, 6.45) is 3.77. The lowest BCUT2D eigenvalue weighted by molar-refractivity contribution is 0.490. The van der Waals surface area contributed by atoms with Gasteiger partial charge in [-0.2, -0.15) is 0 Å². The quantitative estimate of drug-likeness (QED) is 0.766. The lowest BCUT2D eigenvalue weighted by atomic mass is 10.0. The molecule has 1 unspecified atom stereocenters. The number of hydrogen-bond donors (Lipinski definition) is 1. The van der Waals surface area contributed by atoms with E-state index in [-0.39, 0.29) is 6.04 Å². The molecule has 0 bridgehead atoms. The maximum absolute atomic E-state index is 5.97. The molecule has 0 aliphatic rings. The highest BCUT2D eigenvalue weighted by atomic mass is 14.7. The van der Waals surface area contributed by atoms with Gasteiger partial charge < -0.3 is 5.73 Å². The van der Waals surface area contributed by atoms with Crippen LogP contribution in [-0.4, -0.2) is 11.0 Å². The highest BCUT2D eigenvalue weighted by Gasteiger charge is 2.06. The predicted octanol–water partition coefficient (Wildman–Crippen LogP) is 2.00. The van der Waals surface area contributed by atoms with Gasteiger partial charge in [0.25, 0.3) is 0 Å². The normalized spacial score (nSPS) is 13.2. The SMILES string of the molecule is CC(C)CC(N)Cc1ccccn1. The molecule has 1 rings (SSSR count). The fraction of sp³-hybridized carbons (Fsp3) is 0.545. The first-order valence-corrected chi connectivity index (χ1v) is 4.84. The van der Waals surface area contributed by atoms with Crippen molar-refractivity contribution in [1.82, 2.24) is 4.98 Å². The summed E-state index contributed by atoms with van der Waals surface area (Å²) in [6, 6.07) is 6.21. The number of nitrogens with zero attached hydrogens (tertiary/aromatic N) is 1. The van der Waals surface area contributed by atoms with E-state index in [0.717, 1.165) is 18.5 Å². The highest BCUT2D eigenvalue weighted by molar-refractivity contribution is 5.04. The van der Waals surface area contributed by atoms with Crippen LogP contribution in [0.4, 0.5) is 0 Å². The second kappa shape index (κ2) is 4.97. The molecule has 0 aliphatic heterocycles. The van der Waals surface area contributed by atoms with Crippen molar-refractivity contribution in [3.05, 3.63) is 30.1 Å². The Bertz CT molecular complexity index is 231. The van der Waals surface area contributed by atoms with Crippen LogP contribution >= 0.6 is 0 Å². The van der Waals surface area contributed by atoms with Gasteiger partial charge in [-0.25, -0.2) is 0 Å². The topological polar surface area (TPSA) is 38.9 Å². The Labute approximate surface area is 80.2 Å². The Morgan fingerprint density at radius 1 is 1.38 bits per heavy atom. The Morgan fingerprint density at radius 3 is 2.69 bits per heavy atom. The smallest absolute Gasteiger partial charge is 0.0419 e. The molecule has 1 aromatic rings. The molecule has 2 N–H and O–H groups in total. The van der Waals surface area contributed by atoms with Gasteiger partial charge in [0.15, 0.2) is 0 Å². The zero-order valence-electron chi connectivity index (χ0n) is 8.40. The zero-order valence-corrected chi connectivity index (χ0v) is 8.40. The van der Waals surface area contributed by atoms with Gasteiger partial charge in [0, 0.05) is 24.4 Å². The first kappa shape index (κ1) is 10.2. The second-order valence-electron chi connectivity index (χ2n) is 3.91. The van der Waals surface area contributed by atoms with Crippen LogP contribution in [0, 0.1) is 5.92 Å². The van der Waals surface area contributed by atoms with Crippen molar-refractivity contribution in [1.29, 1.82) is 0 Å². The van der Waals surface area contributed by atoms with E-state index in [1.54, 1.807) is 0 Å². The fourth-order valence-corrected chi connectivity index (χ4v) is 1.48.